The summed E-state index contributed by atoms with van der Waals surface area (Å²) in [5, 5.41) is 12.4. The third-order valence-electron chi connectivity index (χ3n) is 2.16. The first kappa shape index (κ1) is 10.6. The third kappa shape index (κ3) is 1.90. The maximum atomic E-state index is 13.4. The molecule has 0 atom stereocenters. The monoisotopic (exact) mass is 223 g/mol. The van der Waals surface area contributed by atoms with Gasteiger partial charge in [0.1, 0.15) is 5.69 Å². The zero-order valence-corrected chi connectivity index (χ0v) is 8.61. The highest BCUT2D eigenvalue weighted by atomic mass is 19.1. The van der Waals surface area contributed by atoms with Crippen LogP contribution in [0.5, 0.6) is 5.75 Å². The van der Waals surface area contributed by atoms with Crippen molar-refractivity contribution in [3.8, 4) is 17.1 Å². The molecule has 0 radical (unpaired) electrons. The molecule has 0 unspecified atom stereocenters. The van der Waals surface area contributed by atoms with Gasteiger partial charge >= 0.3 is 0 Å². The van der Waals surface area contributed by atoms with Gasteiger partial charge in [0, 0.05) is 11.6 Å². The van der Waals surface area contributed by atoms with Crippen LogP contribution in [0.4, 0.5) is 4.39 Å². The van der Waals surface area contributed by atoms with Crippen molar-refractivity contribution in [2.75, 3.05) is 7.11 Å². The molecule has 0 spiro atoms. The number of hydrogen-bond donors (Lipinski definition) is 1. The number of rotatable bonds is 3. The van der Waals surface area contributed by atoms with E-state index in [0.717, 1.165) is 0 Å². The van der Waals surface area contributed by atoms with Gasteiger partial charge in [-0.2, -0.15) is 0 Å². The molecule has 0 aliphatic rings. The van der Waals surface area contributed by atoms with Crippen LogP contribution in [0.3, 0.4) is 0 Å². The molecule has 16 heavy (non-hydrogen) atoms. The van der Waals surface area contributed by atoms with Gasteiger partial charge in [-0.3, -0.25) is 0 Å². The molecule has 84 valence electrons. The van der Waals surface area contributed by atoms with Crippen LogP contribution in [0.1, 0.15) is 5.69 Å². The van der Waals surface area contributed by atoms with Crippen molar-refractivity contribution in [1.82, 2.24) is 5.16 Å². The molecule has 1 heterocycles. The van der Waals surface area contributed by atoms with Crippen molar-refractivity contribution in [2.24, 2.45) is 0 Å². The Morgan fingerprint density at radius 3 is 2.81 bits per heavy atom. The highest BCUT2D eigenvalue weighted by Gasteiger charge is 2.09. The minimum absolute atomic E-state index is 0.172. The topological polar surface area (TPSA) is 55.5 Å². The zero-order chi connectivity index (χ0) is 11.5. The number of aliphatic hydroxyl groups is 1. The van der Waals surface area contributed by atoms with E-state index in [1.807, 2.05) is 0 Å². The standard InChI is InChI=1S/C11H10FNO3/c1-15-10-3-2-7(4-9(10)12)11-5-8(6-14)13-16-11/h2-5,14H,6H2,1H3. The van der Waals surface area contributed by atoms with Crippen molar-refractivity contribution in [3.05, 3.63) is 35.8 Å². The van der Waals surface area contributed by atoms with E-state index in [0.29, 0.717) is 17.0 Å². The van der Waals surface area contributed by atoms with E-state index in [-0.39, 0.29) is 12.4 Å². The van der Waals surface area contributed by atoms with Crippen molar-refractivity contribution in [1.29, 1.82) is 0 Å². The molecule has 4 nitrogen and oxygen atoms in total. The molecule has 0 aliphatic carbocycles. The zero-order valence-electron chi connectivity index (χ0n) is 8.61. The Labute approximate surface area is 91.3 Å². The van der Waals surface area contributed by atoms with Crippen molar-refractivity contribution < 1.29 is 18.8 Å². The quantitative estimate of drug-likeness (QED) is 0.864. The predicted octanol–water partition coefficient (Wildman–Crippen LogP) is 1.98. The van der Waals surface area contributed by atoms with Gasteiger partial charge < -0.3 is 14.4 Å². The normalized spacial score (nSPS) is 10.4. The number of hydrogen-bond acceptors (Lipinski definition) is 4. The van der Waals surface area contributed by atoms with Crippen LogP contribution in [-0.2, 0) is 6.61 Å². The fourth-order valence-electron chi connectivity index (χ4n) is 1.34. The Bertz CT molecular complexity index is 496. The van der Waals surface area contributed by atoms with Gasteiger partial charge in [0.15, 0.2) is 17.3 Å². The minimum Gasteiger partial charge on any atom is -0.494 e. The largest absolute Gasteiger partial charge is 0.494 e. The maximum absolute atomic E-state index is 13.4. The van der Waals surface area contributed by atoms with Crippen LogP contribution in [0.15, 0.2) is 28.8 Å². The molecule has 0 aliphatic heterocycles. The van der Waals surface area contributed by atoms with Gasteiger partial charge in [0.2, 0.25) is 0 Å². The smallest absolute Gasteiger partial charge is 0.167 e. The number of nitrogens with zero attached hydrogens (tertiary/aromatic N) is 1. The molecule has 2 rings (SSSR count). The summed E-state index contributed by atoms with van der Waals surface area (Å²) in [6.07, 6.45) is 0. The average molecular weight is 223 g/mol. The second-order valence-corrected chi connectivity index (χ2v) is 3.19. The Morgan fingerprint density at radius 1 is 1.44 bits per heavy atom. The lowest BCUT2D eigenvalue weighted by Crippen LogP contribution is -1.87. The van der Waals surface area contributed by atoms with Gasteiger partial charge in [0.25, 0.3) is 0 Å². The molecular weight excluding hydrogens is 213 g/mol. The van der Waals surface area contributed by atoms with Gasteiger partial charge in [0.05, 0.1) is 13.7 Å². The number of aromatic nitrogens is 1. The minimum atomic E-state index is -0.470. The number of benzene rings is 1. The molecule has 0 saturated heterocycles. The molecule has 1 aromatic heterocycles. The molecule has 1 aromatic carbocycles. The lowest BCUT2D eigenvalue weighted by molar-refractivity contribution is 0.267. The van der Waals surface area contributed by atoms with Gasteiger partial charge in [-0.25, -0.2) is 4.39 Å². The number of aliphatic hydroxyl groups excluding tert-OH is 1. The summed E-state index contributed by atoms with van der Waals surface area (Å²) in [6.45, 7) is -0.206. The van der Waals surface area contributed by atoms with Gasteiger partial charge in [-0.15, -0.1) is 0 Å². The average Bonchev–Trinajstić information content (AvgIpc) is 2.77. The van der Waals surface area contributed by atoms with Crippen LogP contribution >= 0.6 is 0 Å². The number of halogens is 1. The van der Waals surface area contributed by atoms with E-state index >= 15 is 0 Å². The second kappa shape index (κ2) is 4.32. The van der Waals surface area contributed by atoms with Crippen LogP contribution in [-0.4, -0.2) is 17.4 Å². The van der Waals surface area contributed by atoms with Crippen LogP contribution in [0.2, 0.25) is 0 Å². The Kier molecular flexibility index (Phi) is 2.87. The van der Waals surface area contributed by atoms with Crippen LogP contribution in [0, 0.1) is 5.82 Å². The summed E-state index contributed by atoms with van der Waals surface area (Å²) in [5.41, 5.74) is 0.955. The first-order chi connectivity index (χ1) is 7.74. The highest BCUT2D eigenvalue weighted by Crippen LogP contribution is 2.25. The van der Waals surface area contributed by atoms with Crippen molar-refractivity contribution >= 4 is 0 Å². The summed E-state index contributed by atoms with van der Waals surface area (Å²) < 4.78 is 23.1. The van der Waals surface area contributed by atoms with E-state index in [2.05, 4.69) is 5.16 Å². The molecule has 0 bridgehead atoms. The third-order valence-corrected chi connectivity index (χ3v) is 2.16. The van der Waals surface area contributed by atoms with E-state index < -0.39 is 5.82 Å². The summed E-state index contributed by atoms with van der Waals surface area (Å²) >= 11 is 0. The van der Waals surface area contributed by atoms with Crippen molar-refractivity contribution in [2.45, 2.75) is 6.61 Å². The molecule has 1 N–H and O–H groups in total. The van der Waals surface area contributed by atoms with E-state index in [9.17, 15) is 4.39 Å². The fourth-order valence-corrected chi connectivity index (χ4v) is 1.34. The number of ether oxygens (including phenoxy) is 1. The van der Waals surface area contributed by atoms with Crippen LogP contribution in [0.25, 0.3) is 11.3 Å². The molecule has 0 fully saturated rings. The number of methoxy groups -OCH3 is 1. The first-order valence-electron chi connectivity index (χ1n) is 4.65. The summed E-state index contributed by atoms with van der Waals surface area (Å²) in [4.78, 5) is 0. The molecule has 0 saturated carbocycles. The molecule has 0 amide bonds. The summed E-state index contributed by atoms with van der Waals surface area (Å²) in [7, 11) is 1.40. The molecule has 5 heteroatoms. The SMILES string of the molecule is COc1ccc(-c2cc(CO)no2)cc1F. The van der Waals surface area contributed by atoms with E-state index in [4.69, 9.17) is 14.4 Å². The Hall–Kier alpha value is -1.88. The second-order valence-electron chi connectivity index (χ2n) is 3.19. The summed E-state index contributed by atoms with van der Waals surface area (Å²) in [5.74, 6) is 0.109. The van der Waals surface area contributed by atoms with Gasteiger partial charge in [-0.05, 0) is 18.2 Å². The molecule has 2 aromatic rings. The van der Waals surface area contributed by atoms with Gasteiger partial charge in [-0.1, -0.05) is 5.16 Å². The fraction of sp³-hybridized carbons (Fsp3) is 0.182. The van der Waals surface area contributed by atoms with Crippen molar-refractivity contribution in [3.63, 3.8) is 0 Å². The Balaban J connectivity index is 2.37. The lowest BCUT2D eigenvalue weighted by atomic mass is 10.1. The Morgan fingerprint density at radius 2 is 2.25 bits per heavy atom. The lowest BCUT2D eigenvalue weighted by Gasteiger charge is -2.02. The first-order valence-corrected chi connectivity index (χ1v) is 4.65. The van der Waals surface area contributed by atoms with Crippen LogP contribution < -0.4 is 4.74 Å². The van der Waals surface area contributed by atoms with E-state index in [1.165, 1.54) is 19.2 Å². The van der Waals surface area contributed by atoms with E-state index in [1.54, 1.807) is 12.1 Å². The predicted molar refractivity (Wildman–Crippen MR) is 54.4 cm³/mol. The molecular formula is C11H10FNO3. The summed E-state index contributed by atoms with van der Waals surface area (Å²) in [6, 6.07) is 6.01. The highest BCUT2D eigenvalue weighted by molar-refractivity contribution is 5.58. The maximum Gasteiger partial charge on any atom is 0.167 e.